The summed E-state index contributed by atoms with van der Waals surface area (Å²) in [5.74, 6) is 0. The van der Waals surface area contributed by atoms with Crippen LogP contribution in [-0.2, 0) is 6.54 Å². The molecule has 0 saturated carbocycles. The van der Waals surface area contributed by atoms with E-state index >= 15 is 0 Å². The normalized spacial score (nSPS) is 10.4. The maximum absolute atomic E-state index is 11.7. The van der Waals surface area contributed by atoms with E-state index in [0.29, 0.717) is 17.3 Å². The maximum Gasteiger partial charge on any atom is 0.319 e. The highest BCUT2D eigenvalue weighted by atomic mass is 35.5. The van der Waals surface area contributed by atoms with E-state index in [4.69, 9.17) is 11.6 Å². The van der Waals surface area contributed by atoms with Crippen molar-refractivity contribution in [1.82, 2.24) is 14.9 Å². The molecule has 1 aromatic carbocycles. The van der Waals surface area contributed by atoms with Crippen molar-refractivity contribution in [2.75, 3.05) is 11.9 Å². The molecule has 1 aromatic heterocycles. The van der Waals surface area contributed by atoms with Crippen LogP contribution in [0, 0.1) is 0 Å². The van der Waals surface area contributed by atoms with Crippen LogP contribution in [0.5, 0.6) is 0 Å². The molecule has 0 saturated heterocycles. The number of hydrogen-bond acceptors (Lipinski definition) is 2. The van der Waals surface area contributed by atoms with E-state index in [2.05, 4.69) is 20.2 Å². The Morgan fingerprint density at radius 3 is 2.86 bits per heavy atom. The van der Waals surface area contributed by atoms with Crippen LogP contribution in [-0.4, -0.2) is 22.1 Å². The van der Waals surface area contributed by atoms with E-state index in [1.165, 1.54) is 0 Å². The lowest BCUT2D eigenvalue weighted by molar-refractivity contribution is 0.252. The van der Waals surface area contributed by atoms with Crippen LogP contribution in [0.4, 0.5) is 10.5 Å². The molecule has 2 rings (SSSR count). The van der Waals surface area contributed by atoms with Gasteiger partial charge in [0, 0.05) is 36.2 Å². The Morgan fingerprint density at radius 1 is 1.23 bits per heavy atom. The second kappa shape index (κ2) is 9.10. The Bertz CT molecular complexity index is 571. The number of benzene rings is 1. The fourth-order valence-electron chi connectivity index (χ4n) is 2.14. The summed E-state index contributed by atoms with van der Waals surface area (Å²) in [7, 11) is 0. The van der Waals surface area contributed by atoms with Gasteiger partial charge in [-0.05, 0) is 31.0 Å². The first-order chi connectivity index (χ1) is 10.7. The summed E-state index contributed by atoms with van der Waals surface area (Å²) >= 11 is 5.86. The number of aromatic nitrogens is 2. The van der Waals surface area contributed by atoms with Gasteiger partial charge in [0.15, 0.2) is 0 Å². The number of unbranched alkanes of at least 4 members (excludes halogenated alkanes) is 3. The van der Waals surface area contributed by atoms with Crippen LogP contribution in [0.2, 0.25) is 5.02 Å². The third kappa shape index (κ3) is 6.18. The Kier molecular flexibility index (Phi) is 6.77. The Labute approximate surface area is 135 Å². The summed E-state index contributed by atoms with van der Waals surface area (Å²) in [5, 5.41) is 6.21. The van der Waals surface area contributed by atoms with Gasteiger partial charge in [-0.3, -0.25) is 0 Å². The minimum absolute atomic E-state index is 0.194. The third-order valence-corrected chi connectivity index (χ3v) is 3.51. The SMILES string of the molecule is O=C(NCCCCCCn1ccnc1)Nc1cccc(Cl)c1. The fraction of sp³-hybridized carbons (Fsp3) is 0.375. The molecule has 0 aliphatic carbocycles. The summed E-state index contributed by atoms with van der Waals surface area (Å²) in [5.41, 5.74) is 0.699. The van der Waals surface area contributed by atoms with Crippen LogP contribution < -0.4 is 10.6 Å². The quantitative estimate of drug-likeness (QED) is 0.724. The van der Waals surface area contributed by atoms with Gasteiger partial charge in [-0.25, -0.2) is 9.78 Å². The van der Waals surface area contributed by atoms with Crippen molar-refractivity contribution >= 4 is 23.3 Å². The number of nitrogens with zero attached hydrogens (tertiary/aromatic N) is 2. The third-order valence-electron chi connectivity index (χ3n) is 3.27. The highest BCUT2D eigenvalue weighted by molar-refractivity contribution is 6.30. The molecule has 22 heavy (non-hydrogen) atoms. The molecule has 0 fully saturated rings. The summed E-state index contributed by atoms with van der Waals surface area (Å²) in [6.07, 6.45) is 9.96. The molecular formula is C16H21ClN4O. The lowest BCUT2D eigenvalue weighted by Gasteiger charge is -2.08. The lowest BCUT2D eigenvalue weighted by Crippen LogP contribution is -2.29. The predicted octanol–water partition coefficient (Wildman–Crippen LogP) is 3.92. The van der Waals surface area contributed by atoms with Crippen LogP contribution >= 0.6 is 11.6 Å². The molecule has 2 aromatic rings. The molecule has 0 aliphatic heterocycles. The molecule has 0 atom stereocenters. The number of anilines is 1. The molecule has 2 amide bonds. The highest BCUT2D eigenvalue weighted by Gasteiger charge is 2.01. The maximum atomic E-state index is 11.7. The monoisotopic (exact) mass is 320 g/mol. The van der Waals surface area contributed by atoms with E-state index in [1.54, 1.807) is 24.4 Å². The van der Waals surface area contributed by atoms with Gasteiger partial charge in [-0.2, -0.15) is 0 Å². The summed E-state index contributed by atoms with van der Waals surface area (Å²) in [4.78, 5) is 15.7. The molecule has 118 valence electrons. The number of urea groups is 1. The topological polar surface area (TPSA) is 59.0 Å². The van der Waals surface area contributed by atoms with E-state index in [9.17, 15) is 4.79 Å². The van der Waals surface area contributed by atoms with Crippen LogP contribution in [0.1, 0.15) is 25.7 Å². The van der Waals surface area contributed by atoms with Gasteiger partial charge < -0.3 is 15.2 Å². The molecule has 2 N–H and O–H groups in total. The zero-order chi connectivity index (χ0) is 15.6. The Morgan fingerprint density at radius 2 is 2.09 bits per heavy atom. The zero-order valence-corrected chi connectivity index (χ0v) is 13.2. The molecule has 5 nitrogen and oxygen atoms in total. The van der Waals surface area contributed by atoms with Crippen molar-refractivity contribution in [2.24, 2.45) is 0 Å². The molecule has 1 heterocycles. The lowest BCUT2D eigenvalue weighted by atomic mass is 10.2. The van der Waals surface area contributed by atoms with E-state index in [-0.39, 0.29) is 6.03 Å². The molecule has 0 aliphatic rings. The minimum atomic E-state index is -0.194. The van der Waals surface area contributed by atoms with Crippen molar-refractivity contribution in [1.29, 1.82) is 0 Å². The number of hydrogen-bond donors (Lipinski definition) is 2. The van der Waals surface area contributed by atoms with Gasteiger partial charge in [0.05, 0.1) is 6.33 Å². The van der Waals surface area contributed by atoms with Crippen LogP contribution in [0.3, 0.4) is 0 Å². The number of carbonyl (C=O) groups excluding carboxylic acids is 1. The average molecular weight is 321 g/mol. The van der Waals surface area contributed by atoms with Crippen molar-refractivity contribution in [3.8, 4) is 0 Å². The van der Waals surface area contributed by atoms with E-state index < -0.39 is 0 Å². The van der Waals surface area contributed by atoms with Crippen LogP contribution in [0.25, 0.3) is 0 Å². The van der Waals surface area contributed by atoms with Gasteiger partial charge in [-0.1, -0.05) is 30.5 Å². The number of aryl methyl sites for hydroxylation is 1. The molecule has 0 unspecified atom stereocenters. The van der Waals surface area contributed by atoms with Gasteiger partial charge in [-0.15, -0.1) is 0 Å². The number of halogens is 1. The average Bonchev–Trinajstić information content (AvgIpc) is 2.99. The number of amides is 2. The molecule has 0 radical (unpaired) electrons. The smallest absolute Gasteiger partial charge is 0.319 e. The summed E-state index contributed by atoms with van der Waals surface area (Å²) in [6.45, 7) is 1.68. The number of carbonyl (C=O) groups is 1. The van der Waals surface area contributed by atoms with Gasteiger partial charge in [0.2, 0.25) is 0 Å². The van der Waals surface area contributed by atoms with Gasteiger partial charge in [0.25, 0.3) is 0 Å². The van der Waals surface area contributed by atoms with Gasteiger partial charge in [0.1, 0.15) is 0 Å². The van der Waals surface area contributed by atoms with Crippen LogP contribution in [0.15, 0.2) is 43.0 Å². The summed E-state index contributed by atoms with van der Waals surface area (Å²) in [6, 6.07) is 6.91. The van der Waals surface area contributed by atoms with E-state index in [0.717, 1.165) is 32.2 Å². The van der Waals surface area contributed by atoms with Crippen molar-refractivity contribution in [2.45, 2.75) is 32.2 Å². The number of imidazole rings is 1. The molecule has 0 bridgehead atoms. The molecule has 6 heteroatoms. The zero-order valence-electron chi connectivity index (χ0n) is 12.5. The number of nitrogens with one attached hydrogen (secondary N) is 2. The Hall–Kier alpha value is -2.01. The second-order valence-corrected chi connectivity index (χ2v) is 5.54. The van der Waals surface area contributed by atoms with Gasteiger partial charge >= 0.3 is 6.03 Å². The predicted molar refractivity (Wildman–Crippen MR) is 89.2 cm³/mol. The van der Waals surface area contributed by atoms with Crippen molar-refractivity contribution in [3.63, 3.8) is 0 Å². The van der Waals surface area contributed by atoms with E-state index in [1.807, 2.05) is 18.6 Å². The molecular weight excluding hydrogens is 300 g/mol. The Balaban J connectivity index is 1.50. The first-order valence-corrected chi connectivity index (χ1v) is 7.88. The fourth-order valence-corrected chi connectivity index (χ4v) is 2.33. The largest absolute Gasteiger partial charge is 0.338 e. The second-order valence-electron chi connectivity index (χ2n) is 5.11. The first-order valence-electron chi connectivity index (χ1n) is 7.50. The highest BCUT2D eigenvalue weighted by Crippen LogP contribution is 2.14. The summed E-state index contributed by atoms with van der Waals surface area (Å²) < 4.78 is 2.08. The first kappa shape index (κ1) is 16.4. The van der Waals surface area contributed by atoms with Crippen molar-refractivity contribution < 1.29 is 4.79 Å². The minimum Gasteiger partial charge on any atom is -0.338 e. The number of rotatable bonds is 8. The van der Waals surface area contributed by atoms with Crippen molar-refractivity contribution in [3.05, 3.63) is 48.0 Å². The molecule has 0 spiro atoms. The standard InChI is InChI=1S/C16H21ClN4O/c17-14-6-5-7-15(12-14)20-16(22)19-8-3-1-2-4-10-21-11-9-18-13-21/h5-7,9,11-13H,1-4,8,10H2,(H2,19,20,22).